The van der Waals surface area contributed by atoms with Gasteiger partial charge >= 0.3 is 0 Å². The molecule has 0 bridgehead atoms. The average Bonchev–Trinajstić information content (AvgIpc) is 2.83. The number of thioether (sulfide) groups is 1. The Morgan fingerprint density at radius 2 is 2.00 bits per heavy atom. The molecule has 0 spiro atoms. The molecule has 2 rings (SSSR count). The zero-order valence-corrected chi connectivity index (χ0v) is 12.1. The van der Waals surface area contributed by atoms with Gasteiger partial charge in [-0.2, -0.15) is 0 Å². The third kappa shape index (κ3) is 3.17. The minimum absolute atomic E-state index is 0.787. The molecule has 0 unspecified atom stereocenters. The summed E-state index contributed by atoms with van der Waals surface area (Å²) in [7, 11) is 0. The number of ether oxygens (including phenoxy) is 1. The van der Waals surface area contributed by atoms with E-state index in [1.807, 2.05) is 11.8 Å². The van der Waals surface area contributed by atoms with Crippen LogP contribution < -0.4 is 4.90 Å². The van der Waals surface area contributed by atoms with Gasteiger partial charge in [0.05, 0.1) is 13.2 Å². The predicted octanol–water partition coefficient (Wildman–Crippen LogP) is 2.03. The highest BCUT2D eigenvalue weighted by molar-refractivity contribution is 7.99. The smallest absolute Gasteiger partial charge is 0.228 e. The summed E-state index contributed by atoms with van der Waals surface area (Å²) in [5, 5.41) is 9.73. The lowest BCUT2D eigenvalue weighted by molar-refractivity contribution is 0.121. The molecule has 18 heavy (non-hydrogen) atoms. The number of anilines is 1. The Morgan fingerprint density at radius 3 is 2.67 bits per heavy atom. The zero-order valence-electron chi connectivity index (χ0n) is 11.3. The van der Waals surface area contributed by atoms with Crippen LogP contribution in [0.3, 0.4) is 0 Å². The van der Waals surface area contributed by atoms with Crippen molar-refractivity contribution in [3.63, 3.8) is 0 Å². The highest BCUT2D eigenvalue weighted by atomic mass is 32.2. The van der Waals surface area contributed by atoms with Crippen LogP contribution >= 0.6 is 11.8 Å². The first kappa shape index (κ1) is 13.7. The molecule has 0 atom stereocenters. The van der Waals surface area contributed by atoms with Gasteiger partial charge in [0, 0.05) is 25.4 Å². The summed E-state index contributed by atoms with van der Waals surface area (Å²) in [4.78, 5) is 2.27. The van der Waals surface area contributed by atoms with Crippen LogP contribution in [0.2, 0.25) is 0 Å². The first-order chi connectivity index (χ1) is 8.86. The van der Waals surface area contributed by atoms with Crippen LogP contribution in [0.4, 0.5) is 5.95 Å². The minimum Gasteiger partial charge on any atom is -0.378 e. The molecule has 0 saturated carbocycles. The standard InChI is InChI=1S/C12H22N4OS/c1-3-5-10-18-12-14-13-11(16(12)4-2)15-6-8-17-9-7-15/h3-10H2,1-2H3. The fourth-order valence-electron chi connectivity index (χ4n) is 1.97. The van der Waals surface area contributed by atoms with Gasteiger partial charge in [-0.15, -0.1) is 10.2 Å². The van der Waals surface area contributed by atoms with E-state index >= 15 is 0 Å². The van der Waals surface area contributed by atoms with Crippen molar-refractivity contribution >= 4 is 17.7 Å². The monoisotopic (exact) mass is 270 g/mol. The Bertz CT molecular complexity index is 363. The fourth-order valence-corrected chi connectivity index (χ4v) is 3.05. The van der Waals surface area contributed by atoms with Gasteiger partial charge in [-0.3, -0.25) is 4.57 Å². The largest absolute Gasteiger partial charge is 0.378 e. The molecular formula is C12H22N4OS. The molecule has 5 nitrogen and oxygen atoms in total. The van der Waals surface area contributed by atoms with Gasteiger partial charge in [0.1, 0.15) is 0 Å². The van der Waals surface area contributed by atoms with Crippen molar-refractivity contribution in [3.05, 3.63) is 0 Å². The van der Waals surface area contributed by atoms with Crippen LogP contribution in [0, 0.1) is 0 Å². The molecule has 0 aliphatic carbocycles. The van der Waals surface area contributed by atoms with E-state index in [1.165, 1.54) is 12.8 Å². The highest BCUT2D eigenvalue weighted by Gasteiger charge is 2.19. The third-order valence-electron chi connectivity index (χ3n) is 3.04. The highest BCUT2D eigenvalue weighted by Crippen LogP contribution is 2.23. The zero-order chi connectivity index (χ0) is 12.8. The maximum Gasteiger partial charge on any atom is 0.228 e. The van der Waals surface area contributed by atoms with Crippen molar-refractivity contribution in [1.82, 2.24) is 14.8 Å². The van der Waals surface area contributed by atoms with E-state index in [4.69, 9.17) is 4.74 Å². The van der Waals surface area contributed by atoms with Crippen LogP contribution in [0.25, 0.3) is 0 Å². The summed E-state index contributed by atoms with van der Waals surface area (Å²) in [6.45, 7) is 8.69. The molecule has 0 N–H and O–H groups in total. The minimum atomic E-state index is 0.787. The molecule has 6 heteroatoms. The van der Waals surface area contributed by atoms with E-state index in [-0.39, 0.29) is 0 Å². The van der Waals surface area contributed by atoms with E-state index in [1.54, 1.807) is 0 Å². The summed E-state index contributed by atoms with van der Waals surface area (Å²) in [6, 6.07) is 0. The van der Waals surface area contributed by atoms with Crippen LogP contribution in [0.15, 0.2) is 5.16 Å². The normalized spacial score (nSPS) is 16.2. The van der Waals surface area contributed by atoms with Crippen LogP contribution in [0.1, 0.15) is 26.7 Å². The van der Waals surface area contributed by atoms with Crippen LogP contribution in [-0.4, -0.2) is 46.8 Å². The van der Waals surface area contributed by atoms with Gasteiger partial charge in [0.2, 0.25) is 5.95 Å². The number of morpholine rings is 1. The van der Waals surface area contributed by atoms with Crippen molar-refractivity contribution in [1.29, 1.82) is 0 Å². The molecular weight excluding hydrogens is 248 g/mol. The molecule has 1 aromatic heterocycles. The second-order valence-electron chi connectivity index (χ2n) is 4.33. The van der Waals surface area contributed by atoms with E-state index in [2.05, 4.69) is 33.5 Å². The summed E-state index contributed by atoms with van der Waals surface area (Å²) in [5.74, 6) is 2.12. The number of rotatable bonds is 6. The molecule has 0 radical (unpaired) electrons. The summed E-state index contributed by atoms with van der Waals surface area (Å²) >= 11 is 1.81. The summed E-state index contributed by atoms with van der Waals surface area (Å²) < 4.78 is 7.59. The topological polar surface area (TPSA) is 43.2 Å². The molecule has 2 heterocycles. The van der Waals surface area contributed by atoms with Crippen molar-refractivity contribution in [2.24, 2.45) is 0 Å². The first-order valence-electron chi connectivity index (χ1n) is 6.75. The Balaban J connectivity index is 2.05. The third-order valence-corrected chi connectivity index (χ3v) is 4.09. The van der Waals surface area contributed by atoms with E-state index in [0.29, 0.717) is 0 Å². The van der Waals surface area contributed by atoms with Crippen molar-refractivity contribution in [2.75, 3.05) is 37.0 Å². The average molecular weight is 270 g/mol. The van der Waals surface area contributed by atoms with Crippen molar-refractivity contribution in [3.8, 4) is 0 Å². The maximum atomic E-state index is 5.38. The van der Waals surface area contributed by atoms with Gasteiger partial charge in [0.25, 0.3) is 0 Å². The molecule has 1 aliphatic heterocycles. The summed E-state index contributed by atoms with van der Waals surface area (Å²) in [5.41, 5.74) is 0. The quantitative estimate of drug-likeness (QED) is 0.584. The first-order valence-corrected chi connectivity index (χ1v) is 7.74. The Hall–Kier alpha value is -0.750. The lowest BCUT2D eigenvalue weighted by Gasteiger charge is -2.27. The lowest BCUT2D eigenvalue weighted by atomic mass is 10.4. The number of nitrogens with zero attached hydrogens (tertiary/aromatic N) is 4. The van der Waals surface area contributed by atoms with Gasteiger partial charge < -0.3 is 9.64 Å². The number of hydrogen-bond donors (Lipinski definition) is 0. The van der Waals surface area contributed by atoms with Gasteiger partial charge in [-0.25, -0.2) is 0 Å². The lowest BCUT2D eigenvalue weighted by Crippen LogP contribution is -2.38. The second kappa shape index (κ2) is 6.99. The van der Waals surface area contributed by atoms with Crippen molar-refractivity contribution < 1.29 is 4.74 Å². The van der Waals surface area contributed by atoms with Crippen molar-refractivity contribution in [2.45, 2.75) is 38.4 Å². The molecule has 1 saturated heterocycles. The van der Waals surface area contributed by atoms with E-state index in [0.717, 1.165) is 49.7 Å². The van der Waals surface area contributed by atoms with Gasteiger partial charge in [0.15, 0.2) is 5.16 Å². The van der Waals surface area contributed by atoms with Gasteiger partial charge in [-0.1, -0.05) is 25.1 Å². The number of aromatic nitrogens is 3. The molecule has 102 valence electrons. The predicted molar refractivity (Wildman–Crippen MR) is 74.4 cm³/mol. The molecule has 0 amide bonds. The molecule has 1 aliphatic rings. The Kier molecular flexibility index (Phi) is 5.31. The number of unbranched alkanes of at least 4 members (excludes halogenated alkanes) is 1. The Labute approximate surface area is 113 Å². The maximum absolute atomic E-state index is 5.38. The molecule has 1 aromatic rings. The second-order valence-corrected chi connectivity index (χ2v) is 5.39. The van der Waals surface area contributed by atoms with Gasteiger partial charge in [-0.05, 0) is 13.3 Å². The number of hydrogen-bond acceptors (Lipinski definition) is 5. The van der Waals surface area contributed by atoms with Crippen LogP contribution in [-0.2, 0) is 11.3 Å². The SMILES string of the molecule is CCCCSc1nnc(N2CCOCC2)n1CC. The summed E-state index contributed by atoms with van der Waals surface area (Å²) in [6.07, 6.45) is 2.46. The molecule has 1 fully saturated rings. The van der Waals surface area contributed by atoms with E-state index in [9.17, 15) is 0 Å². The van der Waals surface area contributed by atoms with Crippen LogP contribution in [0.5, 0.6) is 0 Å². The molecule has 0 aromatic carbocycles. The Morgan fingerprint density at radius 1 is 1.22 bits per heavy atom. The fraction of sp³-hybridized carbons (Fsp3) is 0.833. The van der Waals surface area contributed by atoms with E-state index < -0.39 is 0 Å².